The molecule has 2 N–H and O–H groups in total. The maximum Gasteiger partial charge on any atom is 0.105 e. The van der Waals surface area contributed by atoms with E-state index < -0.39 is 12.2 Å². The highest BCUT2D eigenvalue weighted by Crippen LogP contribution is 2.26. The first-order valence-electron chi connectivity index (χ1n) is 5.11. The molecule has 0 bridgehead atoms. The molecule has 0 saturated heterocycles. The van der Waals surface area contributed by atoms with Crippen LogP contribution in [-0.4, -0.2) is 22.9 Å². The zero-order valence-corrected chi connectivity index (χ0v) is 10.4. The van der Waals surface area contributed by atoms with E-state index in [0.29, 0.717) is 10.6 Å². The second kappa shape index (κ2) is 5.89. The highest BCUT2D eigenvalue weighted by Gasteiger charge is 2.18. The summed E-state index contributed by atoms with van der Waals surface area (Å²) >= 11 is 6.01. The molecule has 0 fully saturated rings. The van der Waals surface area contributed by atoms with Gasteiger partial charge in [0, 0.05) is 9.93 Å². The Morgan fingerprint density at radius 2 is 1.88 bits per heavy atom. The largest absolute Gasteiger partial charge is 0.390 e. The van der Waals surface area contributed by atoms with Crippen LogP contribution in [-0.2, 0) is 0 Å². The molecular weight excluding hydrogens is 242 g/mol. The van der Waals surface area contributed by atoms with Crippen molar-refractivity contribution in [1.82, 2.24) is 0 Å². The number of benzene rings is 1. The number of halogens is 1. The molecule has 0 radical (unpaired) electrons. The van der Waals surface area contributed by atoms with Gasteiger partial charge < -0.3 is 10.2 Å². The van der Waals surface area contributed by atoms with Gasteiger partial charge in [-0.15, -0.1) is 0 Å². The molecule has 0 aliphatic rings. The van der Waals surface area contributed by atoms with E-state index in [9.17, 15) is 10.2 Å². The van der Waals surface area contributed by atoms with Gasteiger partial charge in [-0.25, -0.2) is 0 Å². The van der Waals surface area contributed by atoms with Crippen molar-refractivity contribution in [2.75, 3.05) is 6.54 Å². The van der Waals surface area contributed by atoms with Crippen LogP contribution in [0.4, 0.5) is 0 Å². The van der Waals surface area contributed by atoms with Gasteiger partial charge in [0.05, 0.1) is 12.6 Å². The van der Waals surface area contributed by atoms with E-state index in [2.05, 4.69) is 10.0 Å². The van der Waals surface area contributed by atoms with E-state index in [1.807, 2.05) is 13.8 Å². The lowest BCUT2D eigenvalue weighted by Gasteiger charge is -2.18. The topological polar surface area (TPSA) is 89.2 Å². The van der Waals surface area contributed by atoms with E-state index in [-0.39, 0.29) is 6.54 Å². The normalized spacial score (nSPS) is 13.9. The molecule has 17 heavy (non-hydrogen) atoms. The SMILES string of the molecule is Cc1cc(C(O)C(O)CN=[N+]=[N-])cc(C)c1Cl. The average molecular weight is 256 g/mol. The number of aliphatic hydroxyl groups excluding tert-OH is 2. The van der Waals surface area contributed by atoms with Crippen molar-refractivity contribution >= 4 is 11.6 Å². The third kappa shape index (κ3) is 3.35. The van der Waals surface area contributed by atoms with Crippen molar-refractivity contribution in [2.24, 2.45) is 5.11 Å². The molecule has 0 spiro atoms. The summed E-state index contributed by atoms with van der Waals surface area (Å²) in [7, 11) is 0. The van der Waals surface area contributed by atoms with Gasteiger partial charge in [-0.3, -0.25) is 0 Å². The first-order valence-corrected chi connectivity index (χ1v) is 5.48. The molecular formula is C11H14ClN3O2. The monoisotopic (exact) mass is 255 g/mol. The van der Waals surface area contributed by atoms with Gasteiger partial charge in [0.15, 0.2) is 0 Å². The Balaban J connectivity index is 2.96. The molecule has 92 valence electrons. The molecule has 0 amide bonds. The van der Waals surface area contributed by atoms with Gasteiger partial charge in [-0.1, -0.05) is 28.8 Å². The van der Waals surface area contributed by atoms with Crippen LogP contribution < -0.4 is 0 Å². The Morgan fingerprint density at radius 1 is 1.35 bits per heavy atom. The summed E-state index contributed by atoms with van der Waals surface area (Å²) in [4.78, 5) is 2.53. The lowest BCUT2D eigenvalue weighted by molar-refractivity contribution is 0.0243. The minimum Gasteiger partial charge on any atom is -0.390 e. The molecule has 5 nitrogen and oxygen atoms in total. The third-order valence-electron chi connectivity index (χ3n) is 2.50. The molecule has 0 aliphatic carbocycles. The van der Waals surface area contributed by atoms with Crippen LogP contribution in [0.2, 0.25) is 5.02 Å². The Labute approximate surface area is 104 Å². The average Bonchev–Trinajstić information content (AvgIpc) is 2.31. The molecule has 0 heterocycles. The van der Waals surface area contributed by atoms with Gasteiger partial charge in [0.1, 0.15) is 6.10 Å². The zero-order chi connectivity index (χ0) is 13.0. The predicted molar refractivity (Wildman–Crippen MR) is 65.9 cm³/mol. The Hall–Kier alpha value is -1.26. The summed E-state index contributed by atoms with van der Waals surface area (Å²) < 4.78 is 0. The van der Waals surface area contributed by atoms with Crippen LogP contribution in [0.3, 0.4) is 0 Å². The van der Waals surface area contributed by atoms with Crippen LogP contribution in [0.25, 0.3) is 10.4 Å². The summed E-state index contributed by atoms with van der Waals surface area (Å²) in [6.07, 6.45) is -2.21. The van der Waals surface area contributed by atoms with Crippen molar-refractivity contribution in [3.8, 4) is 0 Å². The number of hydrogen-bond donors (Lipinski definition) is 2. The molecule has 2 atom stereocenters. The molecule has 0 aromatic heterocycles. The standard InChI is InChI=1S/C11H14ClN3O2/c1-6-3-8(4-7(2)10(6)12)11(17)9(16)5-14-15-13/h3-4,9,11,16-17H,5H2,1-2H3. The third-order valence-corrected chi connectivity index (χ3v) is 3.09. The van der Waals surface area contributed by atoms with Crippen molar-refractivity contribution in [2.45, 2.75) is 26.1 Å². The van der Waals surface area contributed by atoms with E-state index in [4.69, 9.17) is 17.1 Å². The number of aliphatic hydroxyl groups is 2. The lowest BCUT2D eigenvalue weighted by Crippen LogP contribution is -2.21. The zero-order valence-electron chi connectivity index (χ0n) is 9.63. The number of rotatable bonds is 4. The molecule has 1 aromatic rings. The smallest absolute Gasteiger partial charge is 0.105 e. The molecule has 0 saturated carbocycles. The fourth-order valence-corrected chi connectivity index (χ4v) is 1.70. The number of azide groups is 1. The van der Waals surface area contributed by atoms with Crippen molar-refractivity contribution in [1.29, 1.82) is 0 Å². The summed E-state index contributed by atoms with van der Waals surface area (Å²) in [6, 6.07) is 3.42. The first-order chi connectivity index (χ1) is 7.97. The fourth-order valence-electron chi connectivity index (χ4n) is 1.59. The van der Waals surface area contributed by atoms with Crippen molar-refractivity contribution < 1.29 is 10.2 Å². The van der Waals surface area contributed by atoms with Crippen LogP contribution in [0.5, 0.6) is 0 Å². The summed E-state index contributed by atoms with van der Waals surface area (Å²) in [5.74, 6) is 0. The second-order valence-corrected chi connectivity index (χ2v) is 4.27. The Bertz CT molecular complexity index is 435. The Kier molecular flexibility index (Phi) is 4.78. The summed E-state index contributed by atoms with van der Waals surface area (Å²) in [6.45, 7) is 3.48. The quantitative estimate of drug-likeness (QED) is 0.492. The van der Waals surface area contributed by atoms with Gasteiger partial charge in [-0.2, -0.15) is 0 Å². The van der Waals surface area contributed by atoms with Gasteiger partial charge >= 0.3 is 0 Å². The highest BCUT2D eigenvalue weighted by molar-refractivity contribution is 6.32. The number of aryl methyl sites for hydroxylation is 2. The van der Waals surface area contributed by atoms with Gasteiger partial charge in [0.2, 0.25) is 0 Å². The van der Waals surface area contributed by atoms with Crippen molar-refractivity contribution in [3.05, 3.63) is 44.3 Å². The van der Waals surface area contributed by atoms with E-state index >= 15 is 0 Å². The van der Waals surface area contributed by atoms with E-state index in [1.165, 1.54) is 0 Å². The minimum atomic E-state index is -1.12. The number of hydrogen-bond acceptors (Lipinski definition) is 3. The van der Waals surface area contributed by atoms with E-state index in [1.54, 1.807) is 12.1 Å². The summed E-state index contributed by atoms with van der Waals surface area (Å²) in [5, 5.41) is 23.4. The molecule has 0 aliphatic heterocycles. The first kappa shape index (κ1) is 13.8. The highest BCUT2D eigenvalue weighted by atomic mass is 35.5. The molecule has 1 rings (SSSR count). The van der Waals surface area contributed by atoms with Crippen LogP contribution in [0, 0.1) is 13.8 Å². The van der Waals surface area contributed by atoms with Gasteiger partial charge in [0.25, 0.3) is 0 Å². The second-order valence-electron chi connectivity index (χ2n) is 3.89. The van der Waals surface area contributed by atoms with E-state index in [0.717, 1.165) is 11.1 Å². The van der Waals surface area contributed by atoms with Crippen LogP contribution in [0.15, 0.2) is 17.2 Å². The minimum absolute atomic E-state index is 0.168. The molecule has 1 aromatic carbocycles. The van der Waals surface area contributed by atoms with Crippen LogP contribution in [0.1, 0.15) is 22.8 Å². The molecule has 2 unspecified atom stereocenters. The van der Waals surface area contributed by atoms with Gasteiger partial charge in [-0.05, 0) is 36.1 Å². The maximum absolute atomic E-state index is 9.88. The Morgan fingerprint density at radius 3 is 2.35 bits per heavy atom. The predicted octanol–water partition coefficient (Wildman–Crippen LogP) is 2.66. The maximum atomic E-state index is 9.88. The number of nitrogens with zero attached hydrogens (tertiary/aromatic N) is 3. The fraction of sp³-hybridized carbons (Fsp3) is 0.455. The lowest BCUT2D eigenvalue weighted by atomic mass is 10.00. The summed E-state index contributed by atoms with van der Waals surface area (Å²) in [5.41, 5.74) is 10.4. The van der Waals surface area contributed by atoms with Crippen LogP contribution >= 0.6 is 11.6 Å². The molecule has 6 heteroatoms. The van der Waals surface area contributed by atoms with Crippen molar-refractivity contribution in [3.63, 3.8) is 0 Å².